The van der Waals surface area contributed by atoms with Gasteiger partial charge in [0.2, 0.25) is 0 Å². The van der Waals surface area contributed by atoms with E-state index in [0.717, 1.165) is 0 Å². The van der Waals surface area contributed by atoms with Gasteiger partial charge in [0.25, 0.3) is 5.78 Å². The summed E-state index contributed by atoms with van der Waals surface area (Å²) < 4.78 is 0. The van der Waals surface area contributed by atoms with Crippen molar-refractivity contribution < 1.29 is 19.8 Å². The lowest BCUT2D eigenvalue weighted by molar-refractivity contribution is -0.129. The molecular weight excluding hydrogens is 196 g/mol. The number of carbonyl (C=O) groups excluding carboxylic acids is 1. The van der Waals surface area contributed by atoms with Crippen LogP contribution in [0.1, 0.15) is 11.7 Å². The van der Waals surface area contributed by atoms with Gasteiger partial charge < -0.3 is 15.7 Å². The summed E-state index contributed by atoms with van der Waals surface area (Å²) in [5, 5.41) is 18.9. The molecule has 0 aliphatic heterocycles. The van der Waals surface area contributed by atoms with Crippen LogP contribution in [0.4, 0.5) is 0 Å². The number of nitrogens with zero attached hydrogens (tertiary/aromatic N) is 2. The molecule has 0 heterocycles. The van der Waals surface area contributed by atoms with E-state index in [1.165, 1.54) is 0 Å². The van der Waals surface area contributed by atoms with Crippen molar-refractivity contribution in [3.05, 3.63) is 41.4 Å². The quantitative estimate of drug-likeness (QED) is 0.411. The molecule has 0 aliphatic carbocycles. The van der Waals surface area contributed by atoms with Gasteiger partial charge in [-0.15, -0.1) is 0 Å². The summed E-state index contributed by atoms with van der Waals surface area (Å²) in [6.45, 7) is 0. The van der Waals surface area contributed by atoms with Gasteiger partial charge in [-0.05, 0) is 5.56 Å². The number of hydrogen-bond acceptors (Lipinski definition) is 3. The topological polar surface area (TPSA) is 93.9 Å². The first kappa shape index (κ1) is 11.3. The van der Waals surface area contributed by atoms with Crippen LogP contribution in [0.15, 0.2) is 30.3 Å². The highest BCUT2D eigenvalue weighted by molar-refractivity contribution is 6.27. The summed E-state index contributed by atoms with van der Waals surface area (Å²) in [6.07, 6.45) is -2.39. The Bertz CT molecular complexity index is 385. The summed E-state index contributed by atoms with van der Waals surface area (Å²) in [6, 6.07) is 8.26. The first-order valence-corrected chi connectivity index (χ1v) is 4.29. The molecule has 78 valence electrons. The van der Waals surface area contributed by atoms with E-state index in [9.17, 15) is 15.0 Å². The predicted molar refractivity (Wildman–Crippen MR) is 52.1 cm³/mol. The van der Waals surface area contributed by atoms with E-state index < -0.39 is 18.0 Å². The molecule has 0 radical (unpaired) electrons. The largest absolute Gasteiger partial charge is 0.385 e. The van der Waals surface area contributed by atoms with Crippen molar-refractivity contribution in [1.82, 2.24) is 0 Å². The van der Waals surface area contributed by atoms with Crippen LogP contribution in [0.2, 0.25) is 0 Å². The Hall–Kier alpha value is -1.81. The second kappa shape index (κ2) is 5.17. The molecule has 0 fully saturated rings. The lowest BCUT2D eigenvalue weighted by Gasteiger charge is -2.13. The van der Waals surface area contributed by atoms with Crippen LogP contribution >= 0.6 is 0 Å². The molecule has 0 unspecified atom stereocenters. The van der Waals surface area contributed by atoms with Crippen molar-refractivity contribution in [3.8, 4) is 0 Å². The maximum atomic E-state index is 11.0. The van der Waals surface area contributed by atoms with Crippen LogP contribution in [0.5, 0.6) is 0 Å². The highest BCUT2D eigenvalue weighted by Crippen LogP contribution is 2.16. The second-order valence-corrected chi connectivity index (χ2v) is 2.95. The highest BCUT2D eigenvalue weighted by Gasteiger charge is 2.26. The van der Waals surface area contributed by atoms with Crippen LogP contribution < -0.4 is 0 Å². The summed E-state index contributed by atoms with van der Waals surface area (Å²) in [7, 11) is 0. The van der Waals surface area contributed by atoms with Gasteiger partial charge in [-0.2, -0.15) is 4.79 Å². The molecule has 5 nitrogen and oxygen atoms in total. The number of rotatable bonds is 4. The molecule has 0 saturated carbocycles. The zero-order valence-electron chi connectivity index (χ0n) is 7.82. The van der Waals surface area contributed by atoms with Crippen LogP contribution in [0.3, 0.4) is 0 Å². The molecule has 5 heteroatoms. The van der Waals surface area contributed by atoms with Crippen LogP contribution in [0, 0.1) is 0 Å². The SMILES string of the molecule is [N-]=[N+]=CC(=O)[C@H](O)[C@H](O)c1ccccc1. The molecule has 0 spiro atoms. The number of aliphatic hydroxyl groups is 2. The van der Waals surface area contributed by atoms with E-state index in [0.29, 0.717) is 11.8 Å². The van der Waals surface area contributed by atoms with Crippen molar-refractivity contribution in [2.75, 3.05) is 0 Å². The molecule has 1 aromatic carbocycles. The maximum Gasteiger partial charge on any atom is 0.326 e. The lowest BCUT2D eigenvalue weighted by Crippen LogP contribution is -2.29. The minimum Gasteiger partial charge on any atom is -0.385 e. The number of ketones is 1. The number of Topliss-reactive ketones (excluding diaryl/α,β-unsaturated/α-hetero) is 1. The monoisotopic (exact) mass is 206 g/mol. The summed E-state index contributed by atoms with van der Waals surface area (Å²) in [4.78, 5) is 13.5. The highest BCUT2D eigenvalue weighted by atomic mass is 16.3. The Kier molecular flexibility index (Phi) is 3.88. The third-order valence-corrected chi connectivity index (χ3v) is 1.92. The summed E-state index contributed by atoms with van der Waals surface area (Å²) >= 11 is 0. The van der Waals surface area contributed by atoms with Gasteiger partial charge in [-0.1, -0.05) is 30.3 Å². The Balaban J connectivity index is 2.81. The molecule has 0 aromatic heterocycles. The zero-order chi connectivity index (χ0) is 11.3. The van der Waals surface area contributed by atoms with E-state index in [-0.39, 0.29) is 0 Å². The average Bonchev–Trinajstić information content (AvgIpc) is 2.28. The van der Waals surface area contributed by atoms with Crippen molar-refractivity contribution in [1.29, 1.82) is 0 Å². The number of aliphatic hydroxyl groups excluding tert-OH is 2. The minimum atomic E-state index is -1.62. The average molecular weight is 206 g/mol. The van der Waals surface area contributed by atoms with Crippen molar-refractivity contribution in [2.45, 2.75) is 12.2 Å². The van der Waals surface area contributed by atoms with Gasteiger partial charge in [0.1, 0.15) is 6.10 Å². The van der Waals surface area contributed by atoms with Gasteiger partial charge in [-0.3, -0.25) is 4.79 Å². The standard InChI is InChI=1S/C10H10N2O3/c11-12-6-8(13)10(15)9(14)7-4-2-1-3-5-7/h1-6,9-10,14-15H/t9-,10+/m1/s1. The van der Waals surface area contributed by atoms with Crippen molar-refractivity contribution >= 4 is 12.0 Å². The molecule has 0 amide bonds. The fourth-order valence-corrected chi connectivity index (χ4v) is 1.12. The molecule has 0 aliphatic rings. The Morgan fingerprint density at radius 2 is 1.93 bits per heavy atom. The molecule has 15 heavy (non-hydrogen) atoms. The van der Waals surface area contributed by atoms with Gasteiger partial charge >= 0.3 is 6.21 Å². The fraction of sp³-hybridized carbons (Fsp3) is 0.200. The van der Waals surface area contributed by atoms with Crippen LogP contribution in [-0.2, 0) is 4.79 Å². The lowest BCUT2D eigenvalue weighted by atomic mass is 10.0. The molecule has 2 N–H and O–H groups in total. The summed E-state index contributed by atoms with van der Waals surface area (Å²) in [5.74, 6) is -0.853. The molecule has 0 bridgehead atoms. The van der Waals surface area contributed by atoms with E-state index in [1.54, 1.807) is 30.3 Å². The Morgan fingerprint density at radius 3 is 2.47 bits per heavy atom. The molecule has 1 rings (SSSR count). The number of benzene rings is 1. The van der Waals surface area contributed by atoms with Gasteiger partial charge in [0.05, 0.1) is 0 Å². The van der Waals surface area contributed by atoms with E-state index in [1.807, 2.05) is 0 Å². The molecule has 2 atom stereocenters. The first-order chi connectivity index (χ1) is 7.16. The van der Waals surface area contributed by atoms with Crippen molar-refractivity contribution in [3.63, 3.8) is 0 Å². The Morgan fingerprint density at radius 1 is 1.33 bits per heavy atom. The Labute approximate surface area is 86.2 Å². The van der Waals surface area contributed by atoms with E-state index in [4.69, 9.17) is 5.53 Å². The third-order valence-electron chi connectivity index (χ3n) is 1.92. The van der Waals surface area contributed by atoms with Crippen molar-refractivity contribution in [2.24, 2.45) is 0 Å². The molecular formula is C10H10N2O3. The first-order valence-electron chi connectivity index (χ1n) is 4.29. The van der Waals surface area contributed by atoms with E-state index >= 15 is 0 Å². The number of carbonyl (C=O) groups is 1. The van der Waals surface area contributed by atoms with Crippen LogP contribution in [-0.4, -0.2) is 33.1 Å². The van der Waals surface area contributed by atoms with Gasteiger partial charge in [0.15, 0.2) is 6.10 Å². The summed E-state index contributed by atoms with van der Waals surface area (Å²) in [5.41, 5.74) is 8.51. The normalized spacial score (nSPS) is 13.7. The fourth-order valence-electron chi connectivity index (χ4n) is 1.12. The van der Waals surface area contributed by atoms with Gasteiger partial charge in [-0.25, -0.2) is 0 Å². The molecule has 1 aromatic rings. The van der Waals surface area contributed by atoms with Crippen LogP contribution in [0.25, 0.3) is 5.53 Å². The smallest absolute Gasteiger partial charge is 0.326 e. The van der Waals surface area contributed by atoms with Gasteiger partial charge in [0, 0.05) is 0 Å². The predicted octanol–water partition coefficient (Wildman–Crippen LogP) is -0.0494. The minimum absolute atomic E-state index is 0.421. The zero-order valence-corrected chi connectivity index (χ0v) is 7.82. The maximum absolute atomic E-state index is 11.0. The molecule has 0 saturated heterocycles. The number of hydrogen-bond donors (Lipinski definition) is 2. The second-order valence-electron chi connectivity index (χ2n) is 2.95. The van der Waals surface area contributed by atoms with E-state index in [2.05, 4.69) is 4.79 Å². The third kappa shape index (κ3) is 2.82.